The van der Waals surface area contributed by atoms with Crippen LogP contribution in [-0.2, 0) is 13.0 Å². The van der Waals surface area contributed by atoms with Crippen molar-refractivity contribution in [1.82, 2.24) is 19.5 Å². The van der Waals surface area contributed by atoms with Crippen LogP contribution in [0.4, 0.5) is 0 Å². The number of aromatic carboxylic acids is 1. The SMILES string of the molecule is CCc1nc(C)c2nc(C)n(CCOc3ccc(Cl)cc3-c3cc(C)nc4c(C(=O)O)csc34)c(=O)c2c1C#N. The summed E-state index contributed by atoms with van der Waals surface area (Å²) in [5.41, 5.74) is 4.20. The van der Waals surface area contributed by atoms with Crippen LogP contribution in [-0.4, -0.2) is 37.2 Å². The second kappa shape index (κ2) is 10.7. The third kappa shape index (κ3) is 4.68. The van der Waals surface area contributed by atoms with E-state index in [1.54, 1.807) is 44.4 Å². The summed E-state index contributed by atoms with van der Waals surface area (Å²) >= 11 is 7.65. The number of hydrogen-bond acceptors (Lipinski definition) is 8. The molecule has 1 N–H and O–H groups in total. The number of fused-ring (bicyclic) bond motifs is 2. The summed E-state index contributed by atoms with van der Waals surface area (Å²) in [6.45, 7) is 7.54. The molecule has 202 valence electrons. The van der Waals surface area contributed by atoms with Gasteiger partial charge in [0.25, 0.3) is 5.56 Å². The van der Waals surface area contributed by atoms with Crippen LogP contribution in [0.15, 0.2) is 34.4 Å². The zero-order chi connectivity index (χ0) is 28.7. The van der Waals surface area contributed by atoms with Gasteiger partial charge in [-0.3, -0.25) is 19.3 Å². The second-order valence-corrected chi connectivity index (χ2v) is 10.6. The van der Waals surface area contributed by atoms with E-state index in [2.05, 4.69) is 21.0 Å². The summed E-state index contributed by atoms with van der Waals surface area (Å²) in [6, 6.07) is 9.23. The molecular weight excluding hydrogens is 550 g/mol. The molecule has 5 aromatic rings. The van der Waals surface area contributed by atoms with Gasteiger partial charge in [0.1, 0.15) is 29.8 Å². The molecule has 0 fully saturated rings. The summed E-state index contributed by atoms with van der Waals surface area (Å²) in [7, 11) is 0. The van der Waals surface area contributed by atoms with Crippen LogP contribution in [0.3, 0.4) is 0 Å². The predicted octanol–water partition coefficient (Wildman–Crippen LogP) is 5.86. The highest BCUT2D eigenvalue weighted by molar-refractivity contribution is 7.18. The Labute approximate surface area is 238 Å². The van der Waals surface area contributed by atoms with Crippen molar-refractivity contribution in [3.05, 3.63) is 79.1 Å². The number of benzene rings is 1. The third-order valence-electron chi connectivity index (χ3n) is 6.68. The van der Waals surface area contributed by atoms with E-state index in [0.717, 1.165) is 5.56 Å². The van der Waals surface area contributed by atoms with E-state index < -0.39 is 5.97 Å². The quantitative estimate of drug-likeness (QED) is 0.256. The molecular formula is C29H24ClN5O4S. The molecule has 1 aromatic carbocycles. The third-order valence-corrected chi connectivity index (χ3v) is 7.91. The molecule has 0 saturated heterocycles. The fraction of sp³-hybridized carbons (Fsp3) is 0.241. The van der Waals surface area contributed by atoms with Crippen molar-refractivity contribution >= 4 is 50.0 Å². The topological polar surface area (TPSA) is 131 Å². The maximum Gasteiger partial charge on any atom is 0.338 e. The van der Waals surface area contributed by atoms with Crippen LogP contribution < -0.4 is 10.3 Å². The van der Waals surface area contributed by atoms with Crippen molar-refractivity contribution in [2.24, 2.45) is 0 Å². The highest BCUT2D eigenvalue weighted by Gasteiger charge is 2.20. The predicted molar refractivity (Wildman–Crippen MR) is 155 cm³/mol. The molecule has 0 bridgehead atoms. The average molecular weight is 574 g/mol. The van der Waals surface area contributed by atoms with Gasteiger partial charge in [-0.2, -0.15) is 5.26 Å². The van der Waals surface area contributed by atoms with Gasteiger partial charge < -0.3 is 9.84 Å². The lowest BCUT2D eigenvalue weighted by Gasteiger charge is -2.16. The Bertz CT molecular complexity index is 1940. The van der Waals surface area contributed by atoms with Gasteiger partial charge in [-0.1, -0.05) is 18.5 Å². The minimum atomic E-state index is -1.04. The van der Waals surface area contributed by atoms with Crippen molar-refractivity contribution in [3.63, 3.8) is 0 Å². The second-order valence-electron chi connectivity index (χ2n) is 9.26. The highest BCUT2D eigenvalue weighted by Crippen LogP contribution is 2.40. The molecule has 9 nitrogen and oxygen atoms in total. The summed E-state index contributed by atoms with van der Waals surface area (Å²) in [4.78, 5) is 38.9. The number of aryl methyl sites for hydroxylation is 4. The minimum Gasteiger partial charge on any atom is -0.491 e. The summed E-state index contributed by atoms with van der Waals surface area (Å²) in [6.07, 6.45) is 0.523. The molecule has 0 aliphatic carbocycles. The van der Waals surface area contributed by atoms with Crippen LogP contribution >= 0.6 is 22.9 Å². The maximum atomic E-state index is 13.6. The number of pyridine rings is 2. The van der Waals surface area contributed by atoms with Crippen LogP contribution in [0, 0.1) is 32.1 Å². The van der Waals surface area contributed by atoms with Crippen molar-refractivity contribution in [3.8, 4) is 22.9 Å². The lowest BCUT2D eigenvalue weighted by Crippen LogP contribution is -2.28. The van der Waals surface area contributed by atoms with E-state index in [-0.39, 0.29) is 35.2 Å². The first kappa shape index (κ1) is 27.2. The number of nitrogens with zero attached hydrogens (tertiary/aromatic N) is 5. The molecule has 4 heterocycles. The standard InChI is InChI=1S/C29H24ClN5O4S/c1-5-22-20(12-31)24-25(15(3)33-22)34-16(4)35(28(24)36)8-9-39-23-7-6-17(30)11-18(23)19-10-14(2)32-26-21(29(37)38)13-40-27(19)26/h6-7,10-11,13H,5,8-9H2,1-4H3,(H,37,38). The minimum absolute atomic E-state index is 0.132. The molecule has 0 saturated carbocycles. The summed E-state index contributed by atoms with van der Waals surface area (Å²) in [5.74, 6) is -0.0342. The van der Waals surface area contributed by atoms with E-state index >= 15 is 0 Å². The van der Waals surface area contributed by atoms with E-state index in [1.807, 2.05) is 13.0 Å². The molecule has 0 atom stereocenters. The van der Waals surface area contributed by atoms with Crippen molar-refractivity contribution in [2.75, 3.05) is 6.61 Å². The lowest BCUT2D eigenvalue weighted by atomic mass is 10.0. The first-order valence-electron chi connectivity index (χ1n) is 12.5. The zero-order valence-corrected chi connectivity index (χ0v) is 23.8. The molecule has 0 radical (unpaired) electrons. The molecule has 40 heavy (non-hydrogen) atoms. The molecule has 5 rings (SSSR count). The molecule has 0 amide bonds. The van der Waals surface area contributed by atoms with Crippen LogP contribution in [0.5, 0.6) is 5.75 Å². The van der Waals surface area contributed by atoms with E-state index in [9.17, 15) is 20.0 Å². The fourth-order valence-corrected chi connectivity index (χ4v) is 6.00. The Morgan fingerprint density at radius 2 is 1.93 bits per heavy atom. The molecule has 0 spiro atoms. The number of carbonyl (C=O) groups is 1. The number of nitriles is 1. The van der Waals surface area contributed by atoms with E-state index in [0.29, 0.717) is 61.4 Å². The van der Waals surface area contributed by atoms with E-state index in [4.69, 9.17) is 16.3 Å². The number of hydrogen-bond donors (Lipinski definition) is 1. The summed E-state index contributed by atoms with van der Waals surface area (Å²) < 4.78 is 8.40. The molecule has 0 unspecified atom stereocenters. The zero-order valence-electron chi connectivity index (χ0n) is 22.2. The van der Waals surface area contributed by atoms with Crippen LogP contribution in [0.2, 0.25) is 5.02 Å². The smallest absolute Gasteiger partial charge is 0.338 e. The number of thiophene rings is 1. The van der Waals surface area contributed by atoms with Crippen molar-refractivity contribution < 1.29 is 14.6 Å². The Morgan fingerprint density at radius 3 is 2.62 bits per heavy atom. The normalized spacial score (nSPS) is 11.2. The van der Waals surface area contributed by atoms with Crippen LogP contribution in [0.1, 0.15) is 45.8 Å². The van der Waals surface area contributed by atoms with Gasteiger partial charge in [-0.15, -0.1) is 11.3 Å². The Morgan fingerprint density at radius 1 is 1.15 bits per heavy atom. The first-order valence-corrected chi connectivity index (χ1v) is 13.8. The van der Waals surface area contributed by atoms with E-state index in [1.165, 1.54) is 15.9 Å². The Balaban J connectivity index is 1.53. The highest BCUT2D eigenvalue weighted by atomic mass is 35.5. The largest absolute Gasteiger partial charge is 0.491 e. The summed E-state index contributed by atoms with van der Waals surface area (Å²) in [5, 5.41) is 21.7. The number of carboxylic acids is 1. The van der Waals surface area contributed by atoms with Gasteiger partial charge in [-0.05, 0) is 51.5 Å². The Hall–Kier alpha value is -4.33. The average Bonchev–Trinajstić information content (AvgIpc) is 3.35. The molecule has 0 aliphatic rings. The molecule has 4 aromatic heterocycles. The van der Waals surface area contributed by atoms with Gasteiger partial charge >= 0.3 is 5.97 Å². The van der Waals surface area contributed by atoms with Gasteiger partial charge in [0.05, 0.1) is 44.7 Å². The monoisotopic (exact) mass is 573 g/mol. The van der Waals surface area contributed by atoms with Crippen molar-refractivity contribution in [1.29, 1.82) is 5.26 Å². The maximum absolute atomic E-state index is 13.6. The molecule has 11 heteroatoms. The fourth-order valence-electron chi connectivity index (χ4n) is 4.82. The van der Waals surface area contributed by atoms with Gasteiger partial charge in [-0.25, -0.2) is 9.78 Å². The van der Waals surface area contributed by atoms with Gasteiger partial charge in [0, 0.05) is 27.2 Å². The molecule has 0 aliphatic heterocycles. The van der Waals surface area contributed by atoms with Crippen LogP contribution in [0.25, 0.3) is 32.2 Å². The number of halogens is 1. The number of rotatable bonds is 7. The Kier molecular flexibility index (Phi) is 7.27. The number of aromatic nitrogens is 4. The number of carboxylic acid groups (broad SMARTS) is 1. The van der Waals surface area contributed by atoms with Gasteiger partial charge in [0.15, 0.2) is 0 Å². The first-order chi connectivity index (χ1) is 19.1. The van der Waals surface area contributed by atoms with Gasteiger partial charge in [0.2, 0.25) is 0 Å². The number of ether oxygens (including phenoxy) is 1. The lowest BCUT2D eigenvalue weighted by molar-refractivity contribution is 0.0699. The van der Waals surface area contributed by atoms with Crippen molar-refractivity contribution in [2.45, 2.75) is 40.7 Å².